The number of benzene rings is 1. The molecule has 0 saturated carbocycles. The van der Waals surface area contributed by atoms with E-state index in [1.807, 2.05) is 0 Å². The van der Waals surface area contributed by atoms with Gasteiger partial charge in [0.15, 0.2) is 0 Å². The number of hydrogen-bond donors (Lipinski definition) is 1. The summed E-state index contributed by atoms with van der Waals surface area (Å²) in [5.41, 5.74) is 6.90. The number of hydrogen-bond acceptors (Lipinski definition) is 3. The van der Waals surface area contributed by atoms with E-state index in [-0.39, 0.29) is 17.9 Å². The number of carbonyl (C=O) groups excluding carboxylic acids is 2. The first-order chi connectivity index (χ1) is 12.5. The van der Waals surface area contributed by atoms with Crippen molar-refractivity contribution in [2.24, 2.45) is 11.1 Å². The van der Waals surface area contributed by atoms with Crippen molar-refractivity contribution in [1.29, 1.82) is 0 Å². The molecular weight excluding hydrogens is 326 g/mol. The van der Waals surface area contributed by atoms with Crippen molar-refractivity contribution in [1.82, 2.24) is 9.80 Å². The van der Waals surface area contributed by atoms with Crippen molar-refractivity contribution >= 4 is 11.8 Å². The summed E-state index contributed by atoms with van der Waals surface area (Å²) < 4.78 is 0. The number of likely N-dealkylation sites (tertiary alicyclic amines) is 2. The quantitative estimate of drug-likeness (QED) is 0.850. The largest absolute Gasteiger partial charge is 0.368 e. The fraction of sp³-hybridized carbons (Fsp3) is 0.619. The van der Waals surface area contributed by atoms with Crippen LogP contribution >= 0.6 is 0 Å². The minimum atomic E-state index is -0.414. The van der Waals surface area contributed by atoms with Crippen LogP contribution in [0.1, 0.15) is 50.5 Å². The minimum absolute atomic E-state index is 0.0683. The summed E-state index contributed by atoms with van der Waals surface area (Å²) in [5, 5.41) is 0. The first-order valence-electron chi connectivity index (χ1n) is 9.81. The Hall–Kier alpha value is -1.88. The van der Waals surface area contributed by atoms with Gasteiger partial charge in [-0.1, -0.05) is 37.3 Å². The van der Waals surface area contributed by atoms with E-state index in [0.717, 1.165) is 38.9 Å². The van der Waals surface area contributed by atoms with Gasteiger partial charge in [-0.25, -0.2) is 0 Å². The molecule has 0 bridgehead atoms. The average molecular weight is 357 g/mol. The van der Waals surface area contributed by atoms with E-state index in [4.69, 9.17) is 5.73 Å². The lowest BCUT2D eigenvalue weighted by Crippen LogP contribution is -2.53. The summed E-state index contributed by atoms with van der Waals surface area (Å²) >= 11 is 0. The van der Waals surface area contributed by atoms with Crippen LogP contribution in [-0.4, -0.2) is 54.3 Å². The van der Waals surface area contributed by atoms with Crippen molar-refractivity contribution < 1.29 is 9.59 Å². The van der Waals surface area contributed by atoms with E-state index < -0.39 is 5.91 Å². The summed E-state index contributed by atoms with van der Waals surface area (Å²) in [4.78, 5) is 27.5. The van der Waals surface area contributed by atoms with Gasteiger partial charge in [0, 0.05) is 13.0 Å². The zero-order valence-corrected chi connectivity index (χ0v) is 15.8. The van der Waals surface area contributed by atoms with Crippen LogP contribution in [0.25, 0.3) is 0 Å². The van der Waals surface area contributed by atoms with Gasteiger partial charge in [-0.05, 0) is 62.2 Å². The summed E-state index contributed by atoms with van der Waals surface area (Å²) in [7, 11) is 0. The number of rotatable bonds is 6. The van der Waals surface area contributed by atoms with Gasteiger partial charge in [-0.15, -0.1) is 0 Å². The molecule has 0 aliphatic carbocycles. The Balaban J connectivity index is 1.48. The van der Waals surface area contributed by atoms with Crippen molar-refractivity contribution in [2.45, 2.75) is 44.9 Å². The number of piperidine rings is 2. The molecule has 142 valence electrons. The Kier molecular flexibility index (Phi) is 5.97. The number of carbonyl (C=O) groups is 2. The first-order valence-corrected chi connectivity index (χ1v) is 9.81. The van der Waals surface area contributed by atoms with Crippen molar-refractivity contribution in [3.63, 3.8) is 0 Å². The molecule has 1 aromatic carbocycles. The van der Waals surface area contributed by atoms with E-state index in [9.17, 15) is 9.59 Å². The van der Waals surface area contributed by atoms with Gasteiger partial charge in [0.2, 0.25) is 11.8 Å². The van der Waals surface area contributed by atoms with Crippen LogP contribution in [0, 0.1) is 5.41 Å². The smallest absolute Gasteiger partial charge is 0.237 e. The van der Waals surface area contributed by atoms with Gasteiger partial charge in [0.05, 0.1) is 6.54 Å². The van der Waals surface area contributed by atoms with Crippen LogP contribution in [0.2, 0.25) is 0 Å². The Morgan fingerprint density at radius 3 is 2.54 bits per heavy atom. The topological polar surface area (TPSA) is 66.6 Å². The SMILES string of the molecule is C[C@@H](CCN1CCC2(CCC(=O)N(CC(N)=O)C2)CC1)c1ccccc1. The zero-order chi connectivity index (χ0) is 18.6. The van der Waals surface area contributed by atoms with E-state index in [1.54, 1.807) is 4.90 Å². The summed E-state index contributed by atoms with van der Waals surface area (Å²) in [6.45, 7) is 6.35. The molecule has 2 heterocycles. The van der Waals surface area contributed by atoms with Gasteiger partial charge in [0.25, 0.3) is 0 Å². The van der Waals surface area contributed by atoms with Gasteiger partial charge >= 0.3 is 0 Å². The molecule has 2 N–H and O–H groups in total. The number of nitrogens with two attached hydrogens (primary N) is 1. The Morgan fingerprint density at radius 1 is 1.19 bits per heavy atom. The Labute approximate surface area is 156 Å². The second-order valence-corrected chi connectivity index (χ2v) is 8.16. The maximum Gasteiger partial charge on any atom is 0.237 e. The van der Waals surface area contributed by atoms with Crippen LogP contribution in [0.4, 0.5) is 0 Å². The fourth-order valence-electron chi connectivity index (χ4n) is 4.42. The molecule has 26 heavy (non-hydrogen) atoms. The lowest BCUT2D eigenvalue weighted by molar-refractivity contribution is -0.142. The Bertz CT molecular complexity index is 623. The standard InChI is InChI=1S/C21H31N3O2/c1-17(18-5-3-2-4-6-18)8-12-23-13-10-21(11-14-23)9-7-20(26)24(16-21)15-19(22)25/h2-6,17H,7-16H2,1H3,(H2,22,25)/t17-/m0/s1. The molecule has 2 amide bonds. The highest BCUT2D eigenvalue weighted by molar-refractivity contribution is 5.84. The molecule has 5 nitrogen and oxygen atoms in total. The third kappa shape index (κ3) is 4.64. The maximum absolute atomic E-state index is 12.0. The van der Waals surface area contributed by atoms with Crippen LogP contribution in [0.15, 0.2) is 30.3 Å². The van der Waals surface area contributed by atoms with Crippen molar-refractivity contribution in [2.75, 3.05) is 32.7 Å². The van der Waals surface area contributed by atoms with E-state index in [1.165, 1.54) is 12.0 Å². The van der Waals surface area contributed by atoms with Gasteiger partial charge in [-0.3, -0.25) is 9.59 Å². The fourth-order valence-corrected chi connectivity index (χ4v) is 4.42. The molecule has 2 fully saturated rings. The molecule has 0 aromatic heterocycles. The monoisotopic (exact) mass is 357 g/mol. The summed E-state index contributed by atoms with van der Waals surface area (Å²) in [6.07, 6.45) is 4.89. The number of primary amides is 1. The molecule has 0 unspecified atom stereocenters. The third-order valence-electron chi connectivity index (χ3n) is 6.26. The summed E-state index contributed by atoms with van der Waals surface area (Å²) in [5.74, 6) is 0.238. The normalized spacial score (nSPS) is 21.7. The second-order valence-electron chi connectivity index (χ2n) is 8.16. The highest BCUT2D eigenvalue weighted by atomic mass is 16.2. The maximum atomic E-state index is 12.0. The predicted molar refractivity (Wildman–Crippen MR) is 103 cm³/mol. The van der Waals surface area contributed by atoms with Crippen LogP contribution in [0.3, 0.4) is 0 Å². The lowest BCUT2D eigenvalue weighted by atomic mass is 9.72. The third-order valence-corrected chi connectivity index (χ3v) is 6.26. The average Bonchev–Trinajstić information content (AvgIpc) is 2.64. The van der Waals surface area contributed by atoms with Gasteiger partial charge < -0.3 is 15.5 Å². The van der Waals surface area contributed by atoms with Crippen LogP contribution in [0.5, 0.6) is 0 Å². The highest BCUT2D eigenvalue weighted by Gasteiger charge is 2.41. The molecule has 2 saturated heterocycles. The van der Waals surface area contributed by atoms with Crippen LogP contribution in [-0.2, 0) is 9.59 Å². The molecule has 1 aromatic rings. The molecule has 3 rings (SSSR count). The number of nitrogens with zero attached hydrogens (tertiary/aromatic N) is 2. The highest BCUT2D eigenvalue weighted by Crippen LogP contribution is 2.40. The van der Waals surface area contributed by atoms with Crippen molar-refractivity contribution in [3.8, 4) is 0 Å². The van der Waals surface area contributed by atoms with E-state index in [2.05, 4.69) is 42.2 Å². The molecule has 0 radical (unpaired) electrons. The first kappa shape index (κ1) is 18.9. The zero-order valence-electron chi connectivity index (χ0n) is 15.8. The van der Waals surface area contributed by atoms with Crippen LogP contribution < -0.4 is 5.73 Å². The lowest BCUT2D eigenvalue weighted by Gasteiger charge is -2.47. The van der Waals surface area contributed by atoms with Gasteiger partial charge in [0.1, 0.15) is 0 Å². The van der Waals surface area contributed by atoms with E-state index >= 15 is 0 Å². The van der Waals surface area contributed by atoms with Crippen molar-refractivity contribution in [3.05, 3.63) is 35.9 Å². The Morgan fingerprint density at radius 2 is 1.88 bits per heavy atom. The molecule has 1 atom stereocenters. The molecule has 5 heteroatoms. The molecule has 1 spiro atoms. The second kappa shape index (κ2) is 8.21. The minimum Gasteiger partial charge on any atom is -0.368 e. The van der Waals surface area contributed by atoms with Gasteiger partial charge in [-0.2, -0.15) is 0 Å². The molecular formula is C21H31N3O2. The summed E-state index contributed by atoms with van der Waals surface area (Å²) in [6, 6.07) is 10.7. The van der Waals surface area contributed by atoms with E-state index in [0.29, 0.717) is 18.9 Å². The molecule has 2 aliphatic rings. The molecule has 2 aliphatic heterocycles. The predicted octanol–water partition coefficient (Wildman–Crippen LogP) is 2.37. The number of amides is 2.